The summed E-state index contributed by atoms with van der Waals surface area (Å²) >= 11 is 0. The van der Waals surface area contributed by atoms with E-state index < -0.39 is 11.7 Å². The van der Waals surface area contributed by atoms with Crippen LogP contribution in [0.1, 0.15) is 46.1 Å². The van der Waals surface area contributed by atoms with E-state index in [4.69, 9.17) is 9.47 Å². The Balaban J connectivity index is 2.93. The zero-order chi connectivity index (χ0) is 16.8. The number of hydrogen-bond acceptors (Lipinski definition) is 4. The van der Waals surface area contributed by atoms with Crippen molar-refractivity contribution in [3.63, 3.8) is 0 Å². The third-order valence-corrected chi connectivity index (χ3v) is 2.87. The predicted molar refractivity (Wildman–Crippen MR) is 86.5 cm³/mol. The van der Waals surface area contributed by atoms with E-state index in [0.717, 1.165) is 12.0 Å². The largest absolute Gasteiger partial charge is 0.497 e. The maximum atomic E-state index is 11.9. The van der Waals surface area contributed by atoms with E-state index in [9.17, 15) is 9.59 Å². The first kappa shape index (κ1) is 18.0. The van der Waals surface area contributed by atoms with Gasteiger partial charge in [0.15, 0.2) is 0 Å². The van der Waals surface area contributed by atoms with Gasteiger partial charge in [0.2, 0.25) is 0 Å². The molecule has 22 heavy (non-hydrogen) atoms. The Hall–Kier alpha value is -2.04. The number of amides is 1. The molecule has 0 bridgehead atoms. The van der Waals surface area contributed by atoms with Gasteiger partial charge in [0.25, 0.3) is 0 Å². The van der Waals surface area contributed by atoms with Gasteiger partial charge in [0.1, 0.15) is 17.1 Å². The summed E-state index contributed by atoms with van der Waals surface area (Å²) in [5, 5.41) is 2.70. The van der Waals surface area contributed by atoms with Crippen LogP contribution in [-0.4, -0.2) is 24.6 Å². The molecule has 0 aliphatic rings. The van der Waals surface area contributed by atoms with Crippen molar-refractivity contribution in [2.24, 2.45) is 0 Å². The van der Waals surface area contributed by atoms with Crippen LogP contribution in [0.25, 0.3) is 0 Å². The summed E-state index contributed by atoms with van der Waals surface area (Å²) in [6.45, 7) is 7.35. The molecule has 1 amide bonds. The van der Waals surface area contributed by atoms with Crippen molar-refractivity contribution in [3.8, 4) is 5.75 Å². The summed E-state index contributed by atoms with van der Waals surface area (Å²) in [4.78, 5) is 23.8. The lowest BCUT2D eigenvalue weighted by atomic mass is 10.0. The minimum atomic E-state index is -0.582. The Kier molecular flexibility index (Phi) is 6.40. The molecule has 0 saturated heterocycles. The fraction of sp³-hybridized carbons (Fsp3) is 0.529. The average Bonchev–Trinajstić information content (AvgIpc) is 2.38. The van der Waals surface area contributed by atoms with Crippen LogP contribution in [0.15, 0.2) is 18.2 Å². The number of Topliss-reactive ketones (excluding diaryl/α,β-unsaturated/α-hetero) is 1. The topological polar surface area (TPSA) is 64.6 Å². The molecule has 0 fully saturated rings. The van der Waals surface area contributed by atoms with Gasteiger partial charge in [-0.25, -0.2) is 4.79 Å². The van der Waals surface area contributed by atoms with E-state index in [2.05, 4.69) is 5.32 Å². The van der Waals surface area contributed by atoms with Gasteiger partial charge < -0.3 is 9.47 Å². The summed E-state index contributed by atoms with van der Waals surface area (Å²) < 4.78 is 10.4. The number of carbonyl (C=O) groups excluding carboxylic acids is 2. The van der Waals surface area contributed by atoms with Crippen LogP contribution in [-0.2, 0) is 16.0 Å². The molecule has 0 atom stereocenters. The molecule has 0 unspecified atom stereocenters. The van der Waals surface area contributed by atoms with Gasteiger partial charge in [0, 0.05) is 18.9 Å². The van der Waals surface area contributed by atoms with Crippen LogP contribution in [0, 0.1) is 0 Å². The molecule has 0 radical (unpaired) electrons. The summed E-state index contributed by atoms with van der Waals surface area (Å²) in [6.07, 6.45) is 1.06. The lowest BCUT2D eigenvalue weighted by molar-refractivity contribution is -0.118. The monoisotopic (exact) mass is 307 g/mol. The van der Waals surface area contributed by atoms with Gasteiger partial charge in [-0.05, 0) is 38.8 Å². The number of ether oxygens (including phenoxy) is 2. The molecule has 1 rings (SSSR count). The number of rotatable bonds is 6. The molecular formula is C17H25NO4. The lowest BCUT2D eigenvalue weighted by Crippen LogP contribution is -2.27. The van der Waals surface area contributed by atoms with E-state index in [1.54, 1.807) is 46.1 Å². The molecule has 1 aromatic rings. The highest BCUT2D eigenvalue weighted by atomic mass is 16.6. The molecule has 0 aromatic heterocycles. The van der Waals surface area contributed by atoms with Gasteiger partial charge in [-0.1, -0.05) is 13.0 Å². The number of hydrogen-bond donors (Lipinski definition) is 1. The SMILES string of the molecule is CCCC(=O)Cc1ccc(OC)cc1NC(=O)OC(C)(C)C. The standard InChI is InChI=1S/C17H25NO4/c1-6-7-13(19)10-12-8-9-14(21-5)11-15(12)18-16(20)22-17(2,3)4/h8-9,11H,6-7,10H2,1-5H3,(H,18,20). The summed E-state index contributed by atoms with van der Waals surface area (Å²) in [6, 6.07) is 5.26. The number of ketones is 1. The van der Waals surface area contributed by atoms with Crippen molar-refractivity contribution in [1.82, 2.24) is 0 Å². The smallest absolute Gasteiger partial charge is 0.412 e. The van der Waals surface area contributed by atoms with E-state index in [-0.39, 0.29) is 12.2 Å². The molecule has 1 aromatic carbocycles. The zero-order valence-corrected chi connectivity index (χ0v) is 14.0. The second kappa shape index (κ2) is 7.82. The van der Waals surface area contributed by atoms with Gasteiger partial charge in [0.05, 0.1) is 12.8 Å². The third kappa shape index (κ3) is 6.16. The summed E-state index contributed by atoms with van der Waals surface area (Å²) in [5.74, 6) is 0.748. The highest BCUT2D eigenvalue weighted by Gasteiger charge is 2.18. The fourth-order valence-electron chi connectivity index (χ4n) is 1.95. The van der Waals surface area contributed by atoms with Gasteiger partial charge in [-0.15, -0.1) is 0 Å². The Morgan fingerprint density at radius 3 is 2.45 bits per heavy atom. The first-order valence-corrected chi connectivity index (χ1v) is 7.43. The second-order valence-electron chi connectivity index (χ2n) is 6.12. The molecule has 5 heteroatoms. The van der Waals surface area contributed by atoms with Gasteiger partial charge in [-0.3, -0.25) is 10.1 Å². The number of nitrogens with one attached hydrogen (secondary N) is 1. The van der Waals surface area contributed by atoms with Crippen molar-refractivity contribution in [2.45, 2.75) is 52.6 Å². The van der Waals surface area contributed by atoms with Gasteiger partial charge in [-0.2, -0.15) is 0 Å². The number of anilines is 1. The van der Waals surface area contributed by atoms with Crippen LogP contribution >= 0.6 is 0 Å². The van der Waals surface area contributed by atoms with Crippen LogP contribution in [0.2, 0.25) is 0 Å². The van der Waals surface area contributed by atoms with Crippen molar-refractivity contribution in [2.75, 3.05) is 12.4 Å². The first-order valence-electron chi connectivity index (χ1n) is 7.43. The number of carbonyl (C=O) groups is 2. The average molecular weight is 307 g/mol. The van der Waals surface area contributed by atoms with E-state index in [1.165, 1.54) is 0 Å². The number of methoxy groups -OCH3 is 1. The third-order valence-electron chi connectivity index (χ3n) is 2.87. The van der Waals surface area contributed by atoms with Crippen LogP contribution < -0.4 is 10.1 Å². The Morgan fingerprint density at radius 2 is 1.91 bits per heavy atom. The molecule has 0 saturated carbocycles. The van der Waals surface area contributed by atoms with Gasteiger partial charge >= 0.3 is 6.09 Å². The molecule has 5 nitrogen and oxygen atoms in total. The first-order chi connectivity index (χ1) is 10.2. The highest BCUT2D eigenvalue weighted by Crippen LogP contribution is 2.24. The molecular weight excluding hydrogens is 282 g/mol. The van der Waals surface area contributed by atoms with Crippen LogP contribution in [0.4, 0.5) is 10.5 Å². The fourth-order valence-corrected chi connectivity index (χ4v) is 1.95. The van der Waals surface area contributed by atoms with Crippen molar-refractivity contribution < 1.29 is 19.1 Å². The summed E-state index contributed by atoms with van der Waals surface area (Å²) in [5.41, 5.74) is 0.712. The van der Waals surface area contributed by atoms with Crippen molar-refractivity contribution in [1.29, 1.82) is 0 Å². The second-order valence-corrected chi connectivity index (χ2v) is 6.12. The summed E-state index contributed by atoms with van der Waals surface area (Å²) in [7, 11) is 1.55. The molecule has 0 spiro atoms. The minimum absolute atomic E-state index is 0.139. The Bertz CT molecular complexity index is 532. The molecule has 0 aliphatic heterocycles. The van der Waals surface area contributed by atoms with E-state index in [0.29, 0.717) is 17.9 Å². The molecule has 1 N–H and O–H groups in total. The highest BCUT2D eigenvalue weighted by molar-refractivity contribution is 5.89. The Morgan fingerprint density at radius 1 is 1.23 bits per heavy atom. The molecule has 122 valence electrons. The van der Waals surface area contributed by atoms with E-state index >= 15 is 0 Å². The van der Waals surface area contributed by atoms with E-state index in [1.807, 2.05) is 6.92 Å². The van der Waals surface area contributed by atoms with Crippen LogP contribution in [0.3, 0.4) is 0 Å². The predicted octanol–water partition coefficient (Wildman–Crippen LogP) is 3.95. The molecule has 0 heterocycles. The number of benzene rings is 1. The van der Waals surface area contributed by atoms with Crippen molar-refractivity contribution in [3.05, 3.63) is 23.8 Å². The quantitative estimate of drug-likeness (QED) is 0.864. The maximum absolute atomic E-state index is 11.9. The maximum Gasteiger partial charge on any atom is 0.412 e. The lowest BCUT2D eigenvalue weighted by Gasteiger charge is -2.20. The Labute approximate surface area is 132 Å². The van der Waals surface area contributed by atoms with Crippen molar-refractivity contribution >= 4 is 17.6 Å². The van der Waals surface area contributed by atoms with Crippen LogP contribution in [0.5, 0.6) is 5.75 Å². The minimum Gasteiger partial charge on any atom is -0.497 e. The zero-order valence-electron chi connectivity index (χ0n) is 14.0. The normalized spacial score (nSPS) is 11.0. The molecule has 0 aliphatic carbocycles.